The molecule has 0 heterocycles. The lowest BCUT2D eigenvalue weighted by Gasteiger charge is -2.18. The minimum atomic E-state index is -0.532. The standard InChI is InChI=1S/C15H23FN2O3/c1-4-21-14-6-5-11(8-13(14)16)17-15(20)18-12(9-19)7-10(2)3/h5-6,8,10,12,19H,4,7,9H2,1-3H3,(H2,17,18,20). The molecule has 0 aliphatic heterocycles. The van der Waals surface area contributed by atoms with Crippen LogP contribution in [0, 0.1) is 11.7 Å². The van der Waals surface area contributed by atoms with Crippen LogP contribution in [0.3, 0.4) is 0 Å². The van der Waals surface area contributed by atoms with E-state index in [9.17, 15) is 14.3 Å². The zero-order chi connectivity index (χ0) is 15.8. The predicted octanol–water partition coefficient (Wildman–Crippen LogP) is 2.75. The molecule has 0 fully saturated rings. The Morgan fingerprint density at radius 1 is 1.43 bits per heavy atom. The monoisotopic (exact) mass is 298 g/mol. The largest absolute Gasteiger partial charge is 0.491 e. The molecule has 0 aliphatic rings. The van der Waals surface area contributed by atoms with Crippen LogP contribution in [-0.4, -0.2) is 30.4 Å². The minimum absolute atomic E-state index is 0.136. The number of urea groups is 1. The van der Waals surface area contributed by atoms with E-state index in [4.69, 9.17) is 4.74 Å². The first-order valence-corrected chi connectivity index (χ1v) is 7.07. The number of aliphatic hydroxyl groups excluding tert-OH is 1. The molecule has 0 radical (unpaired) electrons. The van der Waals surface area contributed by atoms with Crippen LogP contribution in [-0.2, 0) is 0 Å². The molecule has 3 N–H and O–H groups in total. The molecule has 1 aromatic rings. The molecule has 0 aliphatic carbocycles. The Labute approximate surface area is 124 Å². The van der Waals surface area contributed by atoms with Crippen LogP contribution in [0.1, 0.15) is 27.2 Å². The van der Waals surface area contributed by atoms with Gasteiger partial charge in [0, 0.05) is 11.8 Å². The van der Waals surface area contributed by atoms with Gasteiger partial charge in [-0.3, -0.25) is 0 Å². The zero-order valence-electron chi connectivity index (χ0n) is 12.6. The fraction of sp³-hybridized carbons (Fsp3) is 0.533. The van der Waals surface area contributed by atoms with Crippen molar-refractivity contribution >= 4 is 11.7 Å². The lowest BCUT2D eigenvalue weighted by atomic mass is 10.0. The van der Waals surface area contributed by atoms with Gasteiger partial charge in [0.25, 0.3) is 0 Å². The highest BCUT2D eigenvalue weighted by Gasteiger charge is 2.13. The predicted molar refractivity (Wildman–Crippen MR) is 80.1 cm³/mol. The summed E-state index contributed by atoms with van der Waals surface area (Å²) in [5.41, 5.74) is 0.328. The number of hydrogen-bond acceptors (Lipinski definition) is 3. The fourth-order valence-electron chi connectivity index (χ4n) is 1.95. The van der Waals surface area contributed by atoms with Crippen LogP contribution >= 0.6 is 0 Å². The summed E-state index contributed by atoms with van der Waals surface area (Å²) >= 11 is 0. The van der Waals surface area contributed by atoms with Gasteiger partial charge in [0.15, 0.2) is 11.6 Å². The maximum absolute atomic E-state index is 13.7. The lowest BCUT2D eigenvalue weighted by molar-refractivity contribution is 0.214. The average molecular weight is 298 g/mol. The van der Waals surface area contributed by atoms with Crippen LogP contribution in [0.5, 0.6) is 5.75 Å². The number of rotatable bonds is 7. The van der Waals surface area contributed by atoms with Gasteiger partial charge in [0.1, 0.15) is 0 Å². The Bertz CT molecular complexity index is 466. The van der Waals surface area contributed by atoms with E-state index in [1.165, 1.54) is 12.1 Å². The second kappa shape index (κ2) is 8.46. The minimum Gasteiger partial charge on any atom is -0.491 e. The van der Waals surface area contributed by atoms with E-state index in [0.29, 0.717) is 24.6 Å². The Morgan fingerprint density at radius 3 is 2.67 bits per heavy atom. The van der Waals surface area contributed by atoms with Crippen molar-refractivity contribution in [3.05, 3.63) is 24.0 Å². The highest BCUT2D eigenvalue weighted by Crippen LogP contribution is 2.21. The molecular formula is C15H23FN2O3. The number of anilines is 1. The molecule has 2 amide bonds. The van der Waals surface area contributed by atoms with Crippen LogP contribution in [0.4, 0.5) is 14.9 Å². The second-order valence-corrected chi connectivity index (χ2v) is 5.19. The third kappa shape index (κ3) is 5.99. The molecule has 1 unspecified atom stereocenters. The van der Waals surface area contributed by atoms with Crippen molar-refractivity contribution in [2.45, 2.75) is 33.2 Å². The van der Waals surface area contributed by atoms with Gasteiger partial charge in [0.05, 0.1) is 19.3 Å². The summed E-state index contributed by atoms with van der Waals surface area (Å²) in [5, 5.41) is 14.4. The summed E-state index contributed by atoms with van der Waals surface area (Å²) < 4.78 is 18.7. The van der Waals surface area contributed by atoms with Gasteiger partial charge < -0.3 is 20.5 Å². The van der Waals surface area contributed by atoms with E-state index in [0.717, 1.165) is 0 Å². The summed E-state index contributed by atoms with van der Waals surface area (Å²) in [7, 11) is 0. The van der Waals surface area contributed by atoms with Crippen molar-refractivity contribution in [1.82, 2.24) is 5.32 Å². The third-order valence-electron chi connectivity index (χ3n) is 2.80. The summed E-state index contributed by atoms with van der Waals surface area (Å²) in [6.45, 7) is 6.01. The molecular weight excluding hydrogens is 275 g/mol. The second-order valence-electron chi connectivity index (χ2n) is 5.19. The molecule has 1 aromatic carbocycles. The quantitative estimate of drug-likeness (QED) is 0.725. The Hall–Kier alpha value is -1.82. The van der Waals surface area contributed by atoms with E-state index in [1.54, 1.807) is 13.0 Å². The third-order valence-corrected chi connectivity index (χ3v) is 2.80. The van der Waals surface area contributed by atoms with Gasteiger partial charge >= 0.3 is 6.03 Å². The Balaban J connectivity index is 2.60. The van der Waals surface area contributed by atoms with Gasteiger partial charge in [-0.25, -0.2) is 9.18 Å². The first-order chi connectivity index (χ1) is 9.96. The van der Waals surface area contributed by atoms with Gasteiger partial charge in [0.2, 0.25) is 0 Å². The molecule has 118 valence electrons. The molecule has 0 aromatic heterocycles. The van der Waals surface area contributed by atoms with Gasteiger partial charge in [-0.15, -0.1) is 0 Å². The van der Waals surface area contributed by atoms with Gasteiger partial charge in [-0.2, -0.15) is 0 Å². The topological polar surface area (TPSA) is 70.6 Å². The van der Waals surface area contributed by atoms with Crippen molar-refractivity contribution in [2.24, 2.45) is 5.92 Å². The molecule has 21 heavy (non-hydrogen) atoms. The van der Waals surface area contributed by atoms with Gasteiger partial charge in [-0.1, -0.05) is 13.8 Å². The number of amides is 2. The highest BCUT2D eigenvalue weighted by molar-refractivity contribution is 5.89. The zero-order valence-corrected chi connectivity index (χ0v) is 12.6. The number of aliphatic hydroxyl groups is 1. The molecule has 0 saturated heterocycles. The average Bonchev–Trinajstić information content (AvgIpc) is 2.40. The number of halogens is 1. The molecule has 5 nitrogen and oxygen atoms in total. The maximum atomic E-state index is 13.7. The van der Waals surface area contributed by atoms with E-state index < -0.39 is 11.8 Å². The van der Waals surface area contributed by atoms with Crippen molar-refractivity contribution in [3.8, 4) is 5.75 Å². The van der Waals surface area contributed by atoms with Crippen LogP contribution in [0.25, 0.3) is 0 Å². The van der Waals surface area contributed by atoms with E-state index >= 15 is 0 Å². The molecule has 0 spiro atoms. The smallest absolute Gasteiger partial charge is 0.319 e. The van der Waals surface area contributed by atoms with E-state index in [1.807, 2.05) is 13.8 Å². The molecule has 1 atom stereocenters. The highest BCUT2D eigenvalue weighted by atomic mass is 19.1. The summed E-state index contributed by atoms with van der Waals surface area (Å²) in [5.74, 6) is -0.0302. The fourth-order valence-corrected chi connectivity index (χ4v) is 1.95. The van der Waals surface area contributed by atoms with Gasteiger partial charge in [-0.05, 0) is 31.4 Å². The van der Waals surface area contributed by atoms with Crippen molar-refractivity contribution < 1.29 is 19.0 Å². The number of ether oxygens (including phenoxy) is 1. The Morgan fingerprint density at radius 2 is 2.14 bits per heavy atom. The van der Waals surface area contributed by atoms with Crippen molar-refractivity contribution in [1.29, 1.82) is 0 Å². The summed E-state index contributed by atoms with van der Waals surface area (Å²) in [6.07, 6.45) is 0.668. The number of hydrogen-bond donors (Lipinski definition) is 3. The van der Waals surface area contributed by atoms with Crippen molar-refractivity contribution in [3.63, 3.8) is 0 Å². The Kier molecular flexibility index (Phi) is 6.94. The maximum Gasteiger partial charge on any atom is 0.319 e. The van der Waals surface area contributed by atoms with E-state index in [-0.39, 0.29) is 18.4 Å². The van der Waals surface area contributed by atoms with Crippen LogP contribution < -0.4 is 15.4 Å². The van der Waals surface area contributed by atoms with Crippen LogP contribution in [0.15, 0.2) is 18.2 Å². The molecule has 1 rings (SSSR count). The summed E-state index contributed by atoms with van der Waals surface area (Å²) in [6, 6.07) is 3.42. The molecule has 0 saturated carbocycles. The lowest BCUT2D eigenvalue weighted by Crippen LogP contribution is -2.40. The number of benzene rings is 1. The number of nitrogens with one attached hydrogen (secondary N) is 2. The summed E-state index contributed by atoms with van der Waals surface area (Å²) in [4.78, 5) is 11.8. The molecule has 6 heteroatoms. The van der Waals surface area contributed by atoms with Crippen molar-refractivity contribution in [2.75, 3.05) is 18.5 Å². The van der Waals surface area contributed by atoms with E-state index in [2.05, 4.69) is 10.6 Å². The normalized spacial score (nSPS) is 12.1. The van der Waals surface area contributed by atoms with Crippen LogP contribution in [0.2, 0.25) is 0 Å². The number of carbonyl (C=O) groups is 1. The SMILES string of the molecule is CCOc1ccc(NC(=O)NC(CO)CC(C)C)cc1F. The number of carbonyl (C=O) groups excluding carboxylic acids is 1. The molecule has 0 bridgehead atoms. The first kappa shape index (κ1) is 17.2. The first-order valence-electron chi connectivity index (χ1n) is 7.07.